The first-order valence-electron chi connectivity index (χ1n) is 9.73. The number of hydrazone groups is 1. The van der Waals surface area contributed by atoms with Gasteiger partial charge in [-0.15, -0.1) is 10.1 Å². The lowest BCUT2D eigenvalue weighted by molar-refractivity contribution is -0.596. The van der Waals surface area contributed by atoms with Gasteiger partial charge in [-0.25, -0.2) is 0 Å². The number of benzene rings is 3. The molecule has 3 aromatic carbocycles. The molecule has 0 saturated carbocycles. The Morgan fingerprint density at radius 3 is 2.13 bits per heavy atom. The Kier molecular flexibility index (Phi) is 6.07. The highest BCUT2D eigenvalue weighted by atomic mass is 35.5. The molecular formula is C24H20Cl2N3O2+. The van der Waals surface area contributed by atoms with Crippen LogP contribution in [-0.4, -0.2) is 28.8 Å². The summed E-state index contributed by atoms with van der Waals surface area (Å²) in [4.78, 5) is 25.7. The van der Waals surface area contributed by atoms with E-state index >= 15 is 0 Å². The third-order valence-corrected chi connectivity index (χ3v) is 5.61. The van der Waals surface area contributed by atoms with Crippen LogP contribution in [-0.2, 0) is 4.79 Å². The van der Waals surface area contributed by atoms with Crippen LogP contribution in [0.1, 0.15) is 33.1 Å². The Hall–Kier alpha value is -3.15. The number of hydrogen-bond donors (Lipinski definition) is 2. The van der Waals surface area contributed by atoms with Gasteiger partial charge >= 0.3 is 5.91 Å². The van der Waals surface area contributed by atoms with Crippen molar-refractivity contribution in [3.05, 3.63) is 105 Å². The normalized spacial score (nSPS) is 19.3. The smallest absolute Gasteiger partial charge is 0.304 e. The minimum atomic E-state index is -0.793. The van der Waals surface area contributed by atoms with Crippen LogP contribution < -0.4 is 10.7 Å². The van der Waals surface area contributed by atoms with E-state index in [1.54, 1.807) is 41.1 Å². The van der Waals surface area contributed by atoms with Gasteiger partial charge < -0.3 is 5.32 Å². The fraction of sp³-hybridized carbons (Fsp3) is 0.125. The lowest BCUT2D eigenvalue weighted by Crippen LogP contribution is -2.42. The van der Waals surface area contributed by atoms with Gasteiger partial charge in [-0.3, -0.25) is 9.59 Å². The van der Waals surface area contributed by atoms with Crippen molar-refractivity contribution in [2.45, 2.75) is 19.0 Å². The van der Waals surface area contributed by atoms with E-state index in [1.165, 1.54) is 0 Å². The van der Waals surface area contributed by atoms with Crippen LogP contribution in [0.3, 0.4) is 0 Å². The van der Waals surface area contributed by atoms with Crippen LogP contribution in [0, 0.1) is 6.92 Å². The van der Waals surface area contributed by atoms with Gasteiger partial charge in [-0.05, 0) is 55.5 Å². The Morgan fingerprint density at radius 1 is 0.935 bits per heavy atom. The molecule has 2 amide bonds. The summed E-state index contributed by atoms with van der Waals surface area (Å²) in [6.45, 7) is 1.95. The van der Waals surface area contributed by atoms with Gasteiger partial charge in [-0.2, -0.15) is 0 Å². The van der Waals surface area contributed by atoms with Gasteiger partial charge in [-0.1, -0.05) is 53.0 Å². The molecule has 1 aliphatic rings. The number of nitrogens with one attached hydrogen (secondary N) is 2. The predicted octanol–water partition coefficient (Wildman–Crippen LogP) is 4.32. The number of rotatable bonds is 4. The molecule has 7 heteroatoms. The van der Waals surface area contributed by atoms with Gasteiger partial charge in [0.15, 0.2) is 6.04 Å². The minimum absolute atomic E-state index is 0.300. The van der Waals surface area contributed by atoms with Gasteiger partial charge in [0.2, 0.25) is 12.3 Å². The number of carbonyl (C=O) groups excluding carboxylic acids is 2. The maximum atomic E-state index is 12.9. The minimum Gasteiger partial charge on any atom is -0.334 e. The van der Waals surface area contributed by atoms with E-state index in [0.717, 1.165) is 16.7 Å². The molecule has 1 heterocycles. The van der Waals surface area contributed by atoms with Crippen LogP contribution in [0.15, 0.2) is 72.8 Å². The fourth-order valence-electron chi connectivity index (χ4n) is 3.48. The molecule has 0 aliphatic carbocycles. The molecule has 31 heavy (non-hydrogen) atoms. The van der Waals surface area contributed by atoms with Crippen molar-refractivity contribution >= 4 is 41.2 Å². The van der Waals surface area contributed by atoms with E-state index in [0.29, 0.717) is 15.6 Å². The Labute approximate surface area is 190 Å². The largest absolute Gasteiger partial charge is 0.334 e. The summed E-state index contributed by atoms with van der Waals surface area (Å²) >= 11 is 12.0. The summed E-state index contributed by atoms with van der Waals surface area (Å²) in [7, 11) is 0. The molecule has 0 spiro atoms. The number of hydrogen-bond acceptors (Lipinski definition) is 2. The number of carbonyl (C=O) groups is 2. The van der Waals surface area contributed by atoms with E-state index < -0.39 is 12.1 Å². The first-order valence-corrected chi connectivity index (χ1v) is 10.5. The molecule has 5 nitrogen and oxygen atoms in total. The second-order valence-corrected chi connectivity index (χ2v) is 8.25. The molecule has 0 bridgehead atoms. The molecule has 0 aromatic heterocycles. The quantitative estimate of drug-likeness (QED) is 0.579. The summed E-state index contributed by atoms with van der Waals surface area (Å²) in [5.74, 6) is -0.613. The molecule has 0 unspecified atom stereocenters. The van der Waals surface area contributed by atoms with E-state index in [1.807, 2.05) is 49.5 Å². The molecule has 4 rings (SSSR count). The summed E-state index contributed by atoms with van der Waals surface area (Å²) in [5, 5.41) is 4.10. The van der Waals surface area contributed by atoms with E-state index in [2.05, 4.69) is 10.7 Å². The van der Waals surface area contributed by atoms with Crippen molar-refractivity contribution in [1.82, 2.24) is 10.7 Å². The highest BCUT2D eigenvalue weighted by molar-refractivity contribution is 6.30. The maximum Gasteiger partial charge on any atom is 0.304 e. The standard InChI is InChI=1S/C24H19Cl2N3O2/c1-15-2-6-18(7-3-15)23(30)27-21-22(17-8-12-20(26)13-9-17)29(28-24(21)31)14-16-4-10-19(25)11-5-16/h2-14,21-22H,1H3,(H-,27,28,30,31)/p+1/b29-14-/t21-,22-/m1/s1. The van der Waals surface area contributed by atoms with E-state index in [4.69, 9.17) is 23.2 Å². The third kappa shape index (κ3) is 4.79. The zero-order valence-electron chi connectivity index (χ0n) is 16.7. The molecule has 1 aliphatic heterocycles. The number of amides is 2. The average Bonchev–Trinajstić information content (AvgIpc) is 3.05. The van der Waals surface area contributed by atoms with Gasteiger partial charge in [0.25, 0.3) is 5.91 Å². The van der Waals surface area contributed by atoms with Gasteiger partial charge in [0, 0.05) is 26.7 Å². The summed E-state index contributed by atoms with van der Waals surface area (Å²) < 4.78 is 1.70. The van der Waals surface area contributed by atoms with Crippen molar-refractivity contribution in [1.29, 1.82) is 0 Å². The fourth-order valence-corrected chi connectivity index (χ4v) is 3.73. The van der Waals surface area contributed by atoms with Crippen molar-refractivity contribution in [3.63, 3.8) is 0 Å². The SMILES string of the molecule is Cc1ccc(C(=O)N[C@H]2C(=O)N/[N+](=C\c3ccc(Cl)cc3)[C@@H]2c2ccc(Cl)cc2)cc1. The zero-order chi connectivity index (χ0) is 22.0. The lowest BCUT2D eigenvalue weighted by atomic mass is 9.99. The van der Waals surface area contributed by atoms with Crippen molar-refractivity contribution in [2.24, 2.45) is 0 Å². The highest BCUT2D eigenvalue weighted by Gasteiger charge is 2.47. The van der Waals surface area contributed by atoms with Crippen LogP contribution in [0.5, 0.6) is 0 Å². The monoisotopic (exact) mass is 452 g/mol. The molecular weight excluding hydrogens is 433 g/mol. The average molecular weight is 453 g/mol. The van der Waals surface area contributed by atoms with Crippen LogP contribution in [0.4, 0.5) is 0 Å². The van der Waals surface area contributed by atoms with E-state index in [9.17, 15) is 9.59 Å². The molecule has 2 atom stereocenters. The number of aryl methyl sites for hydroxylation is 1. The molecule has 3 aromatic rings. The number of nitrogens with zero attached hydrogens (tertiary/aromatic N) is 1. The van der Waals surface area contributed by atoms with E-state index in [-0.39, 0.29) is 11.8 Å². The van der Waals surface area contributed by atoms with Crippen molar-refractivity contribution in [2.75, 3.05) is 0 Å². The van der Waals surface area contributed by atoms with Gasteiger partial charge in [0.05, 0.1) is 0 Å². The first-order chi connectivity index (χ1) is 14.9. The Balaban J connectivity index is 1.69. The van der Waals surface area contributed by atoms with Crippen molar-refractivity contribution in [3.8, 4) is 0 Å². The van der Waals surface area contributed by atoms with Gasteiger partial charge in [0.1, 0.15) is 0 Å². The second kappa shape index (κ2) is 8.92. The number of halogens is 2. The van der Waals surface area contributed by atoms with Crippen LogP contribution >= 0.6 is 23.2 Å². The second-order valence-electron chi connectivity index (χ2n) is 7.38. The summed E-state index contributed by atoms with van der Waals surface area (Å²) in [6.07, 6.45) is 1.81. The Morgan fingerprint density at radius 2 is 1.52 bits per heavy atom. The highest BCUT2D eigenvalue weighted by Crippen LogP contribution is 2.27. The zero-order valence-corrected chi connectivity index (χ0v) is 18.2. The van der Waals surface area contributed by atoms with Crippen LogP contribution in [0.25, 0.3) is 0 Å². The summed E-state index contributed by atoms with van der Waals surface area (Å²) in [5.41, 5.74) is 6.09. The molecule has 0 radical (unpaired) electrons. The number of hydrazine groups is 1. The lowest BCUT2D eigenvalue weighted by Gasteiger charge is -2.15. The predicted molar refractivity (Wildman–Crippen MR) is 122 cm³/mol. The molecule has 156 valence electrons. The van der Waals surface area contributed by atoms with Crippen molar-refractivity contribution < 1.29 is 14.3 Å². The molecule has 2 N–H and O–H groups in total. The third-order valence-electron chi connectivity index (χ3n) is 5.11. The maximum absolute atomic E-state index is 12.9. The topological polar surface area (TPSA) is 61.2 Å². The summed E-state index contributed by atoms with van der Waals surface area (Å²) in [6, 6.07) is 20.4. The molecule has 1 fully saturated rings. The first kappa shape index (κ1) is 21.1. The molecule has 1 saturated heterocycles. The Bertz CT molecular complexity index is 1140. The van der Waals surface area contributed by atoms with Crippen LogP contribution in [0.2, 0.25) is 10.0 Å².